The molecule has 0 radical (unpaired) electrons. The SMILES string of the molecule is COC(=O)/C=C1/CC[C@H]2[C@@H](C(=O)C[C@@H]3[C@]2(C)CCC[C@@]3(C)C(=O)OC)[C@@H]1C. The zero-order chi connectivity index (χ0) is 20.0. The van der Waals surface area contributed by atoms with Gasteiger partial charge in [-0.2, -0.15) is 0 Å². The van der Waals surface area contributed by atoms with Gasteiger partial charge >= 0.3 is 11.9 Å². The van der Waals surface area contributed by atoms with Gasteiger partial charge in [0.15, 0.2) is 0 Å². The van der Waals surface area contributed by atoms with E-state index in [-0.39, 0.29) is 46.8 Å². The fourth-order valence-electron chi connectivity index (χ4n) is 6.60. The van der Waals surface area contributed by atoms with Crippen LogP contribution in [0, 0.1) is 34.5 Å². The molecule has 0 heterocycles. The Kier molecular flexibility index (Phi) is 5.26. The van der Waals surface area contributed by atoms with E-state index >= 15 is 0 Å². The van der Waals surface area contributed by atoms with Crippen molar-refractivity contribution in [2.75, 3.05) is 14.2 Å². The van der Waals surface area contributed by atoms with Crippen molar-refractivity contribution >= 4 is 17.7 Å². The molecule has 3 fully saturated rings. The Morgan fingerprint density at radius 2 is 1.85 bits per heavy atom. The summed E-state index contributed by atoms with van der Waals surface area (Å²) in [5.41, 5.74) is 0.378. The van der Waals surface area contributed by atoms with Crippen LogP contribution in [0.15, 0.2) is 11.6 Å². The number of ether oxygens (including phenoxy) is 2. The number of carbonyl (C=O) groups is 3. The molecule has 0 aromatic rings. The average molecular weight is 376 g/mol. The molecule has 3 aliphatic carbocycles. The van der Waals surface area contributed by atoms with Crippen molar-refractivity contribution in [2.24, 2.45) is 34.5 Å². The second-order valence-corrected chi connectivity index (χ2v) is 9.19. The largest absolute Gasteiger partial charge is 0.469 e. The molecule has 0 bridgehead atoms. The van der Waals surface area contributed by atoms with E-state index in [2.05, 4.69) is 13.8 Å². The summed E-state index contributed by atoms with van der Waals surface area (Å²) in [5.74, 6) is -0.0488. The standard InChI is InChI=1S/C22H32O5/c1-13-14(11-18(24)26-4)7-8-15-19(13)16(23)12-17-21(15,2)9-6-10-22(17,3)20(25)27-5/h11,13,15,17,19H,6-10,12H2,1-5H3/b14-11-/t13-,15+,17-,19+,21-,22-/m1/s1. The molecule has 5 heteroatoms. The maximum Gasteiger partial charge on any atom is 0.330 e. The third kappa shape index (κ3) is 3.03. The van der Waals surface area contributed by atoms with E-state index in [1.807, 2.05) is 6.92 Å². The summed E-state index contributed by atoms with van der Waals surface area (Å²) >= 11 is 0. The van der Waals surface area contributed by atoms with Crippen LogP contribution in [0.1, 0.15) is 59.3 Å². The number of fused-ring (bicyclic) bond motifs is 3. The van der Waals surface area contributed by atoms with Gasteiger partial charge in [-0.1, -0.05) is 25.8 Å². The quantitative estimate of drug-likeness (QED) is 0.543. The maximum absolute atomic E-state index is 13.2. The van der Waals surface area contributed by atoms with E-state index in [9.17, 15) is 14.4 Å². The number of rotatable bonds is 2. The molecule has 0 aromatic heterocycles. The third-order valence-electron chi connectivity index (χ3n) is 8.06. The molecule has 3 saturated carbocycles. The number of ketones is 1. The predicted molar refractivity (Wildman–Crippen MR) is 101 cm³/mol. The van der Waals surface area contributed by atoms with Gasteiger partial charge in [-0.3, -0.25) is 9.59 Å². The number of allylic oxidation sites excluding steroid dienone is 1. The summed E-state index contributed by atoms with van der Waals surface area (Å²) in [6.45, 7) is 6.34. The van der Waals surface area contributed by atoms with Gasteiger partial charge in [0.05, 0.1) is 19.6 Å². The van der Waals surface area contributed by atoms with Crippen LogP contribution >= 0.6 is 0 Å². The van der Waals surface area contributed by atoms with E-state index in [1.54, 1.807) is 6.08 Å². The molecule has 0 aromatic carbocycles. The highest BCUT2D eigenvalue weighted by molar-refractivity contribution is 5.87. The first-order chi connectivity index (χ1) is 12.7. The van der Waals surface area contributed by atoms with Crippen molar-refractivity contribution < 1.29 is 23.9 Å². The van der Waals surface area contributed by atoms with Crippen molar-refractivity contribution in [3.05, 3.63) is 11.6 Å². The van der Waals surface area contributed by atoms with Crippen LogP contribution in [0.2, 0.25) is 0 Å². The number of hydrogen-bond donors (Lipinski definition) is 0. The molecule has 27 heavy (non-hydrogen) atoms. The molecule has 6 atom stereocenters. The lowest BCUT2D eigenvalue weighted by Crippen LogP contribution is -2.59. The summed E-state index contributed by atoms with van der Waals surface area (Å²) in [6, 6.07) is 0. The summed E-state index contributed by atoms with van der Waals surface area (Å²) < 4.78 is 9.93. The molecule has 0 saturated heterocycles. The lowest BCUT2D eigenvalue weighted by molar-refractivity contribution is -0.178. The van der Waals surface area contributed by atoms with Gasteiger partial charge in [0.2, 0.25) is 0 Å². The van der Waals surface area contributed by atoms with Gasteiger partial charge in [-0.25, -0.2) is 4.79 Å². The summed E-state index contributed by atoms with van der Waals surface area (Å²) in [6.07, 6.45) is 6.50. The number of carbonyl (C=O) groups excluding carboxylic acids is 3. The Morgan fingerprint density at radius 1 is 1.15 bits per heavy atom. The van der Waals surface area contributed by atoms with E-state index in [1.165, 1.54) is 14.2 Å². The first-order valence-corrected chi connectivity index (χ1v) is 10.1. The molecule has 0 unspecified atom stereocenters. The normalized spacial score (nSPS) is 42.9. The smallest absolute Gasteiger partial charge is 0.330 e. The lowest BCUT2D eigenvalue weighted by Gasteiger charge is -2.60. The van der Waals surface area contributed by atoms with Gasteiger partial charge in [0.25, 0.3) is 0 Å². The second kappa shape index (κ2) is 7.06. The van der Waals surface area contributed by atoms with Crippen molar-refractivity contribution in [1.29, 1.82) is 0 Å². The summed E-state index contributed by atoms with van der Waals surface area (Å²) in [7, 11) is 2.82. The topological polar surface area (TPSA) is 69.7 Å². The van der Waals surface area contributed by atoms with Crippen LogP contribution in [0.4, 0.5) is 0 Å². The van der Waals surface area contributed by atoms with Crippen molar-refractivity contribution in [1.82, 2.24) is 0 Å². The van der Waals surface area contributed by atoms with Gasteiger partial charge in [-0.05, 0) is 55.8 Å². The molecule has 0 amide bonds. The third-order valence-corrected chi connectivity index (χ3v) is 8.06. The van der Waals surface area contributed by atoms with E-state index in [4.69, 9.17) is 9.47 Å². The first-order valence-electron chi connectivity index (χ1n) is 10.1. The highest BCUT2D eigenvalue weighted by Gasteiger charge is 2.62. The fourth-order valence-corrected chi connectivity index (χ4v) is 6.60. The Hall–Kier alpha value is -1.65. The minimum absolute atomic E-state index is 0.0262. The van der Waals surface area contributed by atoms with Crippen LogP contribution in [0.3, 0.4) is 0 Å². The Labute approximate surface area is 161 Å². The van der Waals surface area contributed by atoms with Crippen LogP contribution in [-0.2, 0) is 23.9 Å². The molecule has 0 aliphatic heterocycles. The lowest BCUT2D eigenvalue weighted by atomic mass is 9.43. The van der Waals surface area contributed by atoms with Gasteiger partial charge in [0, 0.05) is 18.4 Å². The number of esters is 2. The number of hydrogen-bond acceptors (Lipinski definition) is 5. The Bertz CT molecular complexity index is 680. The molecule has 150 valence electrons. The molecular formula is C22H32O5. The van der Waals surface area contributed by atoms with Crippen LogP contribution < -0.4 is 0 Å². The van der Waals surface area contributed by atoms with Crippen LogP contribution in [-0.4, -0.2) is 31.9 Å². The highest BCUT2D eigenvalue weighted by Crippen LogP contribution is 2.64. The Morgan fingerprint density at radius 3 is 2.48 bits per heavy atom. The fraction of sp³-hybridized carbons (Fsp3) is 0.773. The molecular weight excluding hydrogens is 344 g/mol. The minimum Gasteiger partial charge on any atom is -0.469 e. The van der Waals surface area contributed by atoms with Crippen molar-refractivity contribution in [3.63, 3.8) is 0 Å². The van der Waals surface area contributed by atoms with Crippen molar-refractivity contribution in [2.45, 2.75) is 59.3 Å². The molecule has 0 spiro atoms. The van der Waals surface area contributed by atoms with Crippen molar-refractivity contribution in [3.8, 4) is 0 Å². The minimum atomic E-state index is -0.590. The van der Waals surface area contributed by atoms with E-state index in [0.717, 1.165) is 37.7 Å². The molecule has 3 rings (SSSR count). The number of Topliss-reactive ketones (excluding diaryl/α,β-unsaturated/α-hetero) is 1. The maximum atomic E-state index is 13.2. The van der Waals surface area contributed by atoms with E-state index < -0.39 is 5.41 Å². The zero-order valence-corrected chi connectivity index (χ0v) is 17.2. The van der Waals surface area contributed by atoms with Gasteiger partial charge < -0.3 is 9.47 Å². The molecule has 0 N–H and O–H groups in total. The van der Waals surface area contributed by atoms with E-state index in [0.29, 0.717) is 6.42 Å². The first kappa shape index (κ1) is 20.1. The zero-order valence-electron chi connectivity index (χ0n) is 17.2. The molecule has 5 nitrogen and oxygen atoms in total. The monoisotopic (exact) mass is 376 g/mol. The predicted octanol–water partition coefficient (Wildman–Crippen LogP) is 3.71. The number of methoxy groups -OCH3 is 2. The van der Waals surface area contributed by atoms with Gasteiger partial charge in [-0.15, -0.1) is 0 Å². The average Bonchev–Trinajstić information content (AvgIpc) is 2.64. The summed E-state index contributed by atoms with van der Waals surface area (Å²) in [4.78, 5) is 37.6. The highest BCUT2D eigenvalue weighted by atomic mass is 16.5. The van der Waals surface area contributed by atoms with Crippen LogP contribution in [0.5, 0.6) is 0 Å². The van der Waals surface area contributed by atoms with Crippen LogP contribution in [0.25, 0.3) is 0 Å². The Balaban J connectivity index is 1.96. The summed E-state index contributed by atoms with van der Waals surface area (Å²) in [5, 5.41) is 0. The van der Waals surface area contributed by atoms with Gasteiger partial charge in [0.1, 0.15) is 5.78 Å². The molecule has 3 aliphatic rings. The second-order valence-electron chi connectivity index (χ2n) is 9.19.